The molecule has 0 saturated carbocycles. The van der Waals surface area contributed by atoms with Crippen LogP contribution in [-0.4, -0.2) is 35.6 Å². The summed E-state index contributed by atoms with van der Waals surface area (Å²) < 4.78 is 11.3. The number of rotatable bonds is 5. The zero-order chi connectivity index (χ0) is 11.5. The molecule has 1 unspecified atom stereocenters. The summed E-state index contributed by atoms with van der Waals surface area (Å²) in [5.74, 6) is 0. The van der Waals surface area contributed by atoms with Crippen molar-refractivity contribution in [3.8, 4) is 0 Å². The fraction of sp³-hybridized carbons (Fsp3) is 1.00. The minimum atomic E-state index is -0.756. The van der Waals surface area contributed by atoms with Gasteiger partial charge in [-0.25, -0.2) is 0 Å². The fourth-order valence-corrected chi connectivity index (χ4v) is 1.78. The predicted molar refractivity (Wildman–Crippen MR) is 59.9 cm³/mol. The molecule has 0 aliphatic carbocycles. The fourth-order valence-electron chi connectivity index (χ4n) is 1.78. The zero-order valence-electron chi connectivity index (χ0n) is 10.4. The standard InChI is InChI=1S/C12H24O3/c1-11(2,13)9-15-12(3,4)8-10-6-5-7-14-10/h10,13H,5-9H2,1-4H3. The lowest BCUT2D eigenvalue weighted by Gasteiger charge is -2.31. The maximum Gasteiger partial charge on any atom is 0.0824 e. The molecule has 1 atom stereocenters. The highest BCUT2D eigenvalue weighted by atomic mass is 16.5. The summed E-state index contributed by atoms with van der Waals surface area (Å²) in [6.07, 6.45) is 3.53. The Morgan fingerprint density at radius 1 is 1.33 bits per heavy atom. The van der Waals surface area contributed by atoms with Gasteiger partial charge in [-0.05, 0) is 40.5 Å². The maximum atomic E-state index is 9.59. The van der Waals surface area contributed by atoms with Gasteiger partial charge in [0.25, 0.3) is 0 Å². The molecule has 0 aromatic carbocycles. The molecular formula is C12H24O3. The molecule has 0 bridgehead atoms. The molecule has 3 heteroatoms. The van der Waals surface area contributed by atoms with Crippen LogP contribution in [0.25, 0.3) is 0 Å². The van der Waals surface area contributed by atoms with Crippen molar-refractivity contribution in [2.24, 2.45) is 0 Å². The quantitative estimate of drug-likeness (QED) is 0.765. The molecule has 0 amide bonds. The van der Waals surface area contributed by atoms with E-state index < -0.39 is 5.60 Å². The molecule has 1 rings (SSSR count). The van der Waals surface area contributed by atoms with Gasteiger partial charge in [0.2, 0.25) is 0 Å². The van der Waals surface area contributed by atoms with Crippen molar-refractivity contribution in [2.45, 2.75) is 64.3 Å². The van der Waals surface area contributed by atoms with Crippen LogP contribution in [0.3, 0.4) is 0 Å². The molecule has 0 aromatic heterocycles. The van der Waals surface area contributed by atoms with Gasteiger partial charge in [0.15, 0.2) is 0 Å². The lowest BCUT2D eigenvalue weighted by Crippen LogP contribution is -2.36. The van der Waals surface area contributed by atoms with E-state index in [0.717, 1.165) is 25.9 Å². The van der Waals surface area contributed by atoms with E-state index in [2.05, 4.69) is 13.8 Å². The van der Waals surface area contributed by atoms with Gasteiger partial charge in [0, 0.05) is 13.0 Å². The van der Waals surface area contributed by atoms with Gasteiger partial charge >= 0.3 is 0 Å². The molecule has 1 aliphatic heterocycles. The highest BCUT2D eigenvalue weighted by molar-refractivity contribution is 4.78. The van der Waals surface area contributed by atoms with Crippen LogP contribution in [0.2, 0.25) is 0 Å². The van der Waals surface area contributed by atoms with Gasteiger partial charge in [-0.2, -0.15) is 0 Å². The summed E-state index contributed by atoms with van der Waals surface area (Å²) in [6.45, 7) is 8.88. The number of hydrogen-bond donors (Lipinski definition) is 1. The summed E-state index contributed by atoms with van der Waals surface area (Å²) in [4.78, 5) is 0. The third-order valence-electron chi connectivity index (χ3n) is 2.56. The second-order valence-electron chi connectivity index (χ2n) is 5.70. The molecule has 1 saturated heterocycles. The van der Waals surface area contributed by atoms with E-state index in [4.69, 9.17) is 9.47 Å². The van der Waals surface area contributed by atoms with Crippen LogP contribution in [0, 0.1) is 0 Å². The van der Waals surface area contributed by atoms with Crippen LogP contribution in [0.1, 0.15) is 47.0 Å². The number of hydrogen-bond acceptors (Lipinski definition) is 3. The Morgan fingerprint density at radius 3 is 2.47 bits per heavy atom. The number of ether oxygens (including phenoxy) is 2. The lowest BCUT2D eigenvalue weighted by atomic mass is 9.98. The van der Waals surface area contributed by atoms with Crippen LogP contribution in [-0.2, 0) is 9.47 Å². The Labute approximate surface area is 92.8 Å². The van der Waals surface area contributed by atoms with Gasteiger partial charge < -0.3 is 14.6 Å². The van der Waals surface area contributed by atoms with Crippen molar-refractivity contribution >= 4 is 0 Å². The Morgan fingerprint density at radius 2 is 2.00 bits per heavy atom. The molecule has 1 heterocycles. The van der Waals surface area contributed by atoms with E-state index in [9.17, 15) is 5.11 Å². The second-order valence-corrected chi connectivity index (χ2v) is 5.70. The smallest absolute Gasteiger partial charge is 0.0824 e. The van der Waals surface area contributed by atoms with E-state index in [1.807, 2.05) is 0 Å². The van der Waals surface area contributed by atoms with E-state index in [0.29, 0.717) is 12.7 Å². The number of aliphatic hydroxyl groups is 1. The average molecular weight is 216 g/mol. The predicted octanol–water partition coefficient (Wildman–Crippen LogP) is 2.12. The van der Waals surface area contributed by atoms with Crippen molar-refractivity contribution < 1.29 is 14.6 Å². The van der Waals surface area contributed by atoms with Crippen molar-refractivity contribution in [2.75, 3.05) is 13.2 Å². The van der Waals surface area contributed by atoms with E-state index >= 15 is 0 Å². The van der Waals surface area contributed by atoms with E-state index in [1.165, 1.54) is 0 Å². The molecule has 0 radical (unpaired) electrons. The van der Waals surface area contributed by atoms with Crippen LogP contribution >= 0.6 is 0 Å². The SMILES string of the molecule is CC(C)(O)COC(C)(C)CC1CCCO1. The molecule has 1 aliphatic rings. The van der Waals surface area contributed by atoms with Gasteiger partial charge in [-0.1, -0.05) is 0 Å². The normalized spacial score (nSPS) is 23.4. The largest absolute Gasteiger partial charge is 0.388 e. The molecule has 90 valence electrons. The van der Waals surface area contributed by atoms with Gasteiger partial charge in [-0.3, -0.25) is 0 Å². The first-order valence-electron chi connectivity index (χ1n) is 5.76. The Kier molecular flexibility index (Phi) is 4.15. The van der Waals surface area contributed by atoms with E-state index in [1.54, 1.807) is 13.8 Å². The monoisotopic (exact) mass is 216 g/mol. The first kappa shape index (κ1) is 12.9. The van der Waals surface area contributed by atoms with Crippen molar-refractivity contribution in [3.05, 3.63) is 0 Å². The summed E-state index contributed by atoms with van der Waals surface area (Å²) >= 11 is 0. The second kappa shape index (κ2) is 4.81. The lowest BCUT2D eigenvalue weighted by molar-refractivity contribution is -0.107. The molecule has 3 nitrogen and oxygen atoms in total. The van der Waals surface area contributed by atoms with Crippen molar-refractivity contribution in [1.82, 2.24) is 0 Å². The van der Waals surface area contributed by atoms with Crippen molar-refractivity contribution in [1.29, 1.82) is 0 Å². The first-order chi connectivity index (χ1) is 6.79. The highest BCUT2D eigenvalue weighted by Crippen LogP contribution is 2.25. The van der Waals surface area contributed by atoms with Crippen LogP contribution < -0.4 is 0 Å². The summed E-state index contributed by atoms with van der Waals surface area (Å²) in [6, 6.07) is 0. The molecule has 1 N–H and O–H groups in total. The summed E-state index contributed by atoms with van der Waals surface area (Å²) in [7, 11) is 0. The molecule has 0 spiro atoms. The van der Waals surface area contributed by atoms with Gasteiger partial charge in [-0.15, -0.1) is 0 Å². The average Bonchev–Trinajstić information content (AvgIpc) is 2.52. The highest BCUT2D eigenvalue weighted by Gasteiger charge is 2.28. The topological polar surface area (TPSA) is 38.7 Å². The first-order valence-corrected chi connectivity index (χ1v) is 5.76. The summed E-state index contributed by atoms with van der Waals surface area (Å²) in [5, 5.41) is 9.59. The van der Waals surface area contributed by atoms with Gasteiger partial charge in [0.05, 0.1) is 23.9 Å². The van der Waals surface area contributed by atoms with Gasteiger partial charge in [0.1, 0.15) is 0 Å². The third kappa shape index (κ3) is 5.50. The van der Waals surface area contributed by atoms with Crippen molar-refractivity contribution in [3.63, 3.8) is 0 Å². The Balaban J connectivity index is 2.30. The maximum absolute atomic E-state index is 9.59. The molecular weight excluding hydrogens is 192 g/mol. The van der Waals surface area contributed by atoms with Crippen LogP contribution in [0.4, 0.5) is 0 Å². The Bertz CT molecular complexity index is 188. The zero-order valence-corrected chi connectivity index (χ0v) is 10.4. The van der Waals surface area contributed by atoms with Crippen LogP contribution in [0.15, 0.2) is 0 Å². The van der Waals surface area contributed by atoms with E-state index in [-0.39, 0.29) is 5.60 Å². The third-order valence-corrected chi connectivity index (χ3v) is 2.56. The van der Waals surface area contributed by atoms with Crippen LogP contribution in [0.5, 0.6) is 0 Å². The molecule has 1 fully saturated rings. The minimum absolute atomic E-state index is 0.213. The molecule has 15 heavy (non-hydrogen) atoms. The minimum Gasteiger partial charge on any atom is -0.388 e. The molecule has 0 aromatic rings. The Hall–Kier alpha value is -0.120. The summed E-state index contributed by atoms with van der Waals surface area (Å²) in [5.41, 5.74) is -0.969.